The monoisotopic (exact) mass is 594 g/mol. The average molecular weight is 595 g/mol. The van der Waals surface area contributed by atoms with E-state index in [-0.39, 0.29) is 18.0 Å². The molecule has 1 aliphatic heterocycles. The Kier molecular flexibility index (Phi) is 7.86. The van der Waals surface area contributed by atoms with Crippen LogP contribution in [0.1, 0.15) is 38.4 Å². The van der Waals surface area contributed by atoms with Gasteiger partial charge in [-0.25, -0.2) is 14.3 Å². The van der Waals surface area contributed by atoms with Gasteiger partial charge in [0.05, 0.1) is 36.9 Å². The zero-order valence-electron chi connectivity index (χ0n) is 23.8. The van der Waals surface area contributed by atoms with Gasteiger partial charge in [0.2, 0.25) is 11.8 Å². The van der Waals surface area contributed by atoms with Crippen LogP contribution in [0.25, 0.3) is 22.4 Å². The molecule has 11 nitrogen and oxygen atoms in total. The van der Waals surface area contributed by atoms with Crippen molar-refractivity contribution in [2.45, 2.75) is 51.0 Å². The van der Waals surface area contributed by atoms with E-state index in [1.807, 2.05) is 18.2 Å². The number of benzene rings is 2. The summed E-state index contributed by atoms with van der Waals surface area (Å²) < 4.78 is 32.5. The summed E-state index contributed by atoms with van der Waals surface area (Å²) in [5, 5.41) is 0.174. The van der Waals surface area contributed by atoms with Gasteiger partial charge in [0.25, 0.3) is 5.56 Å². The number of oxazole rings is 1. The Hall–Kier alpha value is -4.16. The van der Waals surface area contributed by atoms with Crippen molar-refractivity contribution in [1.29, 1.82) is 0 Å². The van der Waals surface area contributed by atoms with Crippen LogP contribution >= 0.6 is 0 Å². The zero-order chi connectivity index (χ0) is 30.2. The van der Waals surface area contributed by atoms with Gasteiger partial charge in [-0.15, -0.1) is 0 Å². The molecule has 0 saturated carbocycles. The normalized spacial score (nSPS) is 19.9. The number of nitrogens with zero attached hydrogens (tertiary/aromatic N) is 3. The first-order valence-electron chi connectivity index (χ1n) is 13.5. The first-order chi connectivity index (χ1) is 19.9. The van der Waals surface area contributed by atoms with Gasteiger partial charge in [0.1, 0.15) is 23.7 Å². The Bertz CT molecular complexity index is 1840. The highest BCUT2D eigenvalue weighted by Gasteiger charge is 2.34. The Morgan fingerprint density at radius 2 is 1.93 bits per heavy atom. The van der Waals surface area contributed by atoms with Crippen molar-refractivity contribution in [2.24, 2.45) is 5.73 Å². The summed E-state index contributed by atoms with van der Waals surface area (Å²) in [5.74, 6) is 4.76. The molecule has 222 valence electrons. The maximum absolute atomic E-state index is 14.1. The minimum Gasteiger partial charge on any atom is -0.496 e. The van der Waals surface area contributed by atoms with E-state index in [1.165, 1.54) is 30.9 Å². The van der Waals surface area contributed by atoms with Crippen molar-refractivity contribution < 1.29 is 22.9 Å². The summed E-state index contributed by atoms with van der Waals surface area (Å²) in [4.78, 5) is 44.6. The quantitative estimate of drug-likeness (QED) is 0.291. The molecule has 2 N–H and O–H groups in total. The molecule has 1 atom stereocenters. The molecule has 42 heavy (non-hydrogen) atoms. The molecule has 0 spiro atoms. The summed E-state index contributed by atoms with van der Waals surface area (Å²) in [6.07, 6.45) is 3.09. The Labute approximate surface area is 242 Å². The van der Waals surface area contributed by atoms with E-state index >= 15 is 0 Å². The van der Waals surface area contributed by atoms with Crippen LogP contribution in [0, 0.1) is 0 Å². The van der Waals surface area contributed by atoms with Crippen LogP contribution in [-0.2, 0) is 31.1 Å². The number of aromatic nitrogens is 3. The second-order valence-electron chi connectivity index (χ2n) is 11.0. The minimum absolute atomic E-state index is 0.0145. The van der Waals surface area contributed by atoms with E-state index < -0.39 is 38.3 Å². The van der Waals surface area contributed by atoms with Gasteiger partial charge in [-0.3, -0.25) is 18.4 Å². The van der Waals surface area contributed by atoms with Crippen LogP contribution in [-0.4, -0.2) is 54.8 Å². The number of carbonyl (C=O) groups is 1. The third-order valence-electron chi connectivity index (χ3n) is 7.80. The molecule has 3 heterocycles. The molecular weight excluding hydrogens is 560 g/mol. The first-order valence-corrected chi connectivity index (χ1v) is 15.6. The van der Waals surface area contributed by atoms with Gasteiger partial charge < -0.3 is 19.6 Å². The second kappa shape index (κ2) is 11.3. The van der Waals surface area contributed by atoms with E-state index in [0.29, 0.717) is 52.6 Å². The van der Waals surface area contributed by atoms with Gasteiger partial charge in [-0.05, 0) is 66.3 Å². The number of para-hydroxylation sites is 1. The van der Waals surface area contributed by atoms with E-state index in [4.69, 9.17) is 19.6 Å². The van der Waals surface area contributed by atoms with Crippen molar-refractivity contribution in [3.63, 3.8) is 0 Å². The van der Waals surface area contributed by atoms with Crippen LogP contribution < -0.4 is 21.7 Å². The number of amides is 1. The smallest absolute Gasteiger partial charge is 0.332 e. The third kappa shape index (κ3) is 5.51. The van der Waals surface area contributed by atoms with Gasteiger partial charge >= 0.3 is 5.69 Å². The lowest BCUT2D eigenvalue weighted by Crippen LogP contribution is -2.54. The Morgan fingerprint density at radius 1 is 1.21 bits per heavy atom. The summed E-state index contributed by atoms with van der Waals surface area (Å²) in [7, 11) is -0.584. The molecular formula is C30H34N4O7S. The molecule has 1 amide bonds. The molecule has 0 aliphatic carbocycles. The largest absolute Gasteiger partial charge is 0.496 e. The van der Waals surface area contributed by atoms with Crippen molar-refractivity contribution in [3.8, 4) is 17.2 Å². The summed E-state index contributed by atoms with van der Waals surface area (Å²) in [6.45, 7) is 2.84. The van der Waals surface area contributed by atoms with Crippen LogP contribution in [0.4, 0.5) is 0 Å². The molecule has 0 bridgehead atoms. The van der Waals surface area contributed by atoms with Crippen LogP contribution in [0.2, 0.25) is 0 Å². The third-order valence-corrected chi connectivity index (χ3v) is 9.76. The van der Waals surface area contributed by atoms with Crippen LogP contribution in [0.3, 0.4) is 0 Å². The number of ether oxygens (including phenoxy) is 2. The average Bonchev–Trinajstić information content (AvgIpc) is 3.50. The van der Waals surface area contributed by atoms with Crippen molar-refractivity contribution in [3.05, 3.63) is 81.3 Å². The minimum atomic E-state index is -2.14. The predicted molar refractivity (Wildman–Crippen MR) is 161 cm³/mol. The van der Waals surface area contributed by atoms with Gasteiger partial charge in [-0.2, -0.15) is 0 Å². The number of methoxy groups -OCH3 is 1. The topological polar surface area (TPSA) is 149 Å². The highest BCUT2D eigenvalue weighted by atomic mass is 32.2. The zero-order valence-corrected chi connectivity index (χ0v) is 24.6. The fraction of sp³-hybridized carbons (Fsp3) is 0.367. The molecule has 2 aromatic heterocycles. The number of carbonyl (C=O) groups excluding carboxylic acids is 1. The number of rotatable bonds is 9. The maximum atomic E-state index is 14.1. The van der Waals surface area contributed by atoms with E-state index in [9.17, 15) is 18.6 Å². The predicted octanol–water partition coefficient (Wildman–Crippen LogP) is 2.68. The van der Waals surface area contributed by atoms with Crippen molar-refractivity contribution in [1.82, 2.24) is 14.1 Å². The fourth-order valence-electron chi connectivity index (χ4n) is 5.27. The lowest BCUT2D eigenvalue weighted by Gasteiger charge is -2.31. The van der Waals surface area contributed by atoms with Gasteiger partial charge in [-0.1, -0.05) is 18.2 Å². The lowest BCUT2D eigenvalue weighted by atomic mass is 10.0. The molecule has 1 aliphatic rings. The summed E-state index contributed by atoms with van der Waals surface area (Å²) in [5.41, 5.74) is 4.21. The molecule has 4 aromatic rings. The SMILES string of the molecule is C=S1(=O)CCC(O[C@@H](Cn2c(=O)n(C(C)(C)C(N)=O)c(=O)c3cc(-c4ncco4)ccc32)c2ccccc2OC)CC1. The maximum Gasteiger partial charge on any atom is 0.332 e. The molecule has 0 radical (unpaired) electrons. The van der Waals surface area contributed by atoms with Crippen molar-refractivity contribution >= 4 is 32.2 Å². The lowest BCUT2D eigenvalue weighted by molar-refractivity contribution is -0.125. The molecule has 0 unspecified atom stereocenters. The number of hydrogen-bond acceptors (Lipinski definition) is 8. The fourth-order valence-corrected chi connectivity index (χ4v) is 6.86. The highest BCUT2D eigenvalue weighted by Crippen LogP contribution is 2.33. The van der Waals surface area contributed by atoms with E-state index in [1.54, 1.807) is 31.4 Å². The number of hydrogen-bond donors (Lipinski definition) is 1. The van der Waals surface area contributed by atoms with Gasteiger partial charge in [0, 0.05) is 22.6 Å². The summed E-state index contributed by atoms with van der Waals surface area (Å²) >= 11 is 0. The standard InChI is InChI=1S/C30H34N4O7S/c1-30(2,28(31)36)34-27(35)22-17-19(26-32-13-14-40-26)9-10-23(22)33(29(34)37)18-25(21-7-5-6-8-24(21)39-3)41-20-11-15-42(4,38)16-12-20/h5-10,13-14,17,20,25H,4,11-12,15-16,18H2,1-3H3,(H2,31,36)/t20?,25-,42?/m0/s1. The van der Waals surface area contributed by atoms with E-state index in [2.05, 4.69) is 10.9 Å². The molecule has 2 aromatic carbocycles. The number of primary amides is 1. The molecule has 1 fully saturated rings. The molecule has 1 saturated heterocycles. The second-order valence-corrected chi connectivity index (χ2v) is 13.7. The molecule has 5 rings (SSSR count). The number of nitrogens with two attached hydrogens (primary N) is 1. The van der Waals surface area contributed by atoms with Gasteiger partial charge in [0.15, 0.2) is 0 Å². The van der Waals surface area contributed by atoms with Crippen LogP contribution in [0.15, 0.2) is 68.9 Å². The summed E-state index contributed by atoms with van der Waals surface area (Å²) in [6, 6.07) is 12.3. The Morgan fingerprint density at radius 3 is 2.57 bits per heavy atom. The number of fused-ring (bicyclic) bond motifs is 1. The molecule has 12 heteroatoms. The first kappa shape index (κ1) is 29.3. The Balaban J connectivity index is 1.71. The highest BCUT2D eigenvalue weighted by molar-refractivity contribution is 8.00. The van der Waals surface area contributed by atoms with E-state index in [0.717, 1.165) is 4.57 Å². The van der Waals surface area contributed by atoms with Crippen LogP contribution in [0.5, 0.6) is 5.75 Å². The van der Waals surface area contributed by atoms with Crippen molar-refractivity contribution in [2.75, 3.05) is 18.6 Å².